The van der Waals surface area contributed by atoms with Crippen LogP contribution < -0.4 is 9.47 Å². The van der Waals surface area contributed by atoms with E-state index < -0.39 is 5.97 Å². The van der Waals surface area contributed by atoms with E-state index in [0.29, 0.717) is 38.2 Å². The molecule has 1 aliphatic rings. The number of rotatable bonds is 4. The van der Waals surface area contributed by atoms with Crippen molar-refractivity contribution in [2.45, 2.75) is 13.3 Å². The van der Waals surface area contributed by atoms with Gasteiger partial charge in [0.2, 0.25) is 5.78 Å². The molecule has 0 N–H and O–H groups in total. The molecule has 0 saturated carbocycles. The number of allylic oxidation sites excluding steroid dienone is 1. The standard InChI is InChI=1S/C24H16Cl2O4/c1-14-10-16(29-22(27)11-15-6-3-2-4-7-15)12-20-23(14)24(28)21(30-20)13-17-18(25)8-5-9-19(17)26/h2-10,12-13H,11H2,1H3/b21-13-. The van der Waals surface area contributed by atoms with Gasteiger partial charge in [-0.2, -0.15) is 0 Å². The van der Waals surface area contributed by atoms with Crippen molar-refractivity contribution in [3.63, 3.8) is 0 Å². The van der Waals surface area contributed by atoms with Crippen molar-refractivity contribution in [1.82, 2.24) is 0 Å². The van der Waals surface area contributed by atoms with Gasteiger partial charge in [-0.1, -0.05) is 59.6 Å². The molecule has 4 rings (SSSR count). The molecule has 1 aliphatic heterocycles. The smallest absolute Gasteiger partial charge is 0.315 e. The highest BCUT2D eigenvalue weighted by Crippen LogP contribution is 2.38. The summed E-state index contributed by atoms with van der Waals surface area (Å²) < 4.78 is 11.2. The summed E-state index contributed by atoms with van der Waals surface area (Å²) in [5, 5.41) is 0.823. The number of esters is 1. The molecule has 0 radical (unpaired) electrons. The van der Waals surface area contributed by atoms with E-state index in [4.69, 9.17) is 32.7 Å². The summed E-state index contributed by atoms with van der Waals surface area (Å²) in [5.41, 5.74) is 2.43. The number of carbonyl (C=O) groups is 2. The molecule has 3 aromatic rings. The molecule has 0 bridgehead atoms. The Labute approximate surface area is 183 Å². The van der Waals surface area contributed by atoms with Crippen LogP contribution >= 0.6 is 23.2 Å². The highest BCUT2D eigenvalue weighted by atomic mass is 35.5. The molecular formula is C24H16Cl2O4. The second-order valence-corrected chi connectivity index (χ2v) is 7.64. The van der Waals surface area contributed by atoms with Gasteiger partial charge in [-0.25, -0.2) is 0 Å². The van der Waals surface area contributed by atoms with Crippen molar-refractivity contribution in [3.05, 3.63) is 98.7 Å². The van der Waals surface area contributed by atoms with Crippen LogP contribution in [-0.4, -0.2) is 11.8 Å². The molecule has 0 spiro atoms. The van der Waals surface area contributed by atoms with Crippen LogP contribution in [0.1, 0.15) is 27.0 Å². The SMILES string of the molecule is Cc1cc(OC(=O)Cc2ccccc2)cc2c1C(=O)/C(=C/c1c(Cl)cccc1Cl)O2. The Bertz CT molecular complexity index is 1160. The van der Waals surface area contributed by atoms with E-state index in [1.807, 2.05) is 30.3 Å². The topological polar surface area (TPSA) is 52.6 Å². The number of Topliss-reactive ketones (excluding diaryl/α,β-unsaturated/α-hetero) is 1. The average molecular weight is 439 g/mol. The van der Waals surface area contributed by atoms with Gasteiger partial charge in [0, 0.05) is 21.7 Å². The summed E-state index contributed by atoms with van der Waals surface area (Å²) in [4.78, 5) is 25.1. The minimum atomic E-state index is -0.400. The number of carbonyl (C=O) groups excluding carboxylic acids is 2. The first-order valence-corrected chi connectivity index (χ1v) is 9.95. The Morgan fingerprint density at radius 2 is 1.73 bits per heavy atom. The van der Waals surface area contributed by atoms with E-state index in [0.717, 1.165) is 5.56 Å². The number of halogens is 2. The van der Waals surface area contributed by atoms with E-state index in [2.05, 4.69) is 0 Å². The first-order valence-electron chi connectivity index (χ1n) is 9.20. The molecule has 0 atom stereocenters. The molecule has 0 aromatic heterocycles. The molecule has 1 heterocycles. The maximum Gasteiger partial charge on any atom is 0.315 e. The number of ether oxygens (including phenoxy) is 2. The monoisotopic (exact) mass is 438 g/mol. The summed E-state index contributed by atoms with van der Waals surface area (Å²) in [6, 6.07) is 17.6. The Balaban J connectivity index is 1.58. The molecular weight excluding hydrogens is 423 g/mol. The molecule has 6 heteroatoms. The Morgan fingerprint density at radius 1 is 1.03 bits per heavy atom. The molecule has 0 amide bonds. The normalized spacial score (nSPS) is 13.8. The van der Waals surface area contributed by atoms with Crippen LogP contribution in [0, 0.1) is 6.92 Å². The van der Waals surface area contributed by atoms with Gasteiger partial charge in [-0.3, -0.25) is 9.59 Å². The number of fused-ring (bicyclic) bond motifs is 1. The van der Waals surface area contributed by atoms with Crippen molar-refractivity contribution in [1.29, 1.82) is 0 Å². The van der Waals surface area contributed by atoms with Gasteiger partial charge in [0.15, 0.2) is 5.76 Å². The zero-order chi connectivity index (χ0) is 21.3. The number of benzene rings is 3. The molecule has 0 aliphatic carbocycles. The number of ketones is 1. The molecule has 30 heavy (non-hydrogen) atoms. The predicted molar refractivity (Wildman–Crippen MR) is 116 cm³/mol. The third-order valence-electron chi connectivity index (χ3n) is 4.64. The highest BCUT2D eigenvalue weighted by Gasteiger charge is 2.30. The Hall–Kier alpha value is -3.08. The zero-order valence-corrected chi connectivity index (χ0v) is 17.5. The van der Waals surface area contributed by atoms with E-state index in [1.54, 1.807) is 31.2 Å². The lowest BCUT2D eigenvalue weighted by Gasteiger charge is -2.08. The second kappa shape index (κ2) is 8.34. The van der Waals surface area contributed by atoms with Gasteiger partial charge in [0.05, 0.1) is 12.0 Å². The van der Waals surface area contributed by atoms with E-state index >= 15 is 0 Å². The fraction of sp³-hybridized carbons (Fsp3) is 0.0833. The highest BCUT2D eigenvalue weighted by molar-refractivity contribution is 6.37. The van der Waals surface area contributed by atoms with Gasteiger partial charge >= 0.3 is 5.97 Å². The van der Waals surface area contributed by atoms with Crippen LogP contribution in [0.2, 0.25) is 10.0 Å². The van der Waals surface area contributed by atoms with Crippen LogP contribution in [0.4, 0.5) is 0 Å². The van der Waals surface area contributed by atoms with Crippen molar-refractivity contribution in [2.75, 3.05) is 0 Å². The van der Waals surface area contributed by atoms with Crippen molar-refractivity contribution < 1.29 is 19.1 Å². The fourth-order valence-corrected chi connectivity index (χ4v) is 3.75. The summed E-state index contributed by atoms with van der Waals surface area (Å²) in [6.07, 6.45) is 1.67. The van der Waals surface area contributed by atoms with Crippen LogP contribution in [0.25, 0.3) is 6.08 Å². The minimum Gasteiger partial charge on any atom is -0.452 e. The average Bonchev–Trinajstić information content (AvgIpc) is 3.01. The maximum atomic E-state index is 12.8. The molecule has 0 saturated heterocycles. The van der Waals surface area contributed by atoms with Gasteiger partial charge in [-0.15, -0.1) is 0 Å². The molecule has 0 fully saturated rings. The molecule has 0 unspecified atom stereocenters. The van der Waals surface area contributed by atoms with E-state index in [-0.39, 0.29) is 18.0 Å². The first kappa shape index (κ1) is 20.2. The van der Waals surface area contributed by atoms with E-state index in [9.17, 15) is 9.59 Å². The van der Waals surface area contributed by atoms with Crippen LogP contribution in [0.15, 0.2) is 66.4 Å². The summed E-state index contributed by atoms with van der Waals surface area (Å²) in [5.74, 6) is 0.0777. The Morgan fingerprint density at radius 3 is 2.43 bits per heavy atom. The molecule has 150 valence electrons. The van der Waals surface area contributed by atoms with Gasteiger partial charge in [0.1, 0.15) is 11.5 Å². The third-order valence-corrected chi connectivity index (χ3v) is 5.30. The summed E-state index contributed by atoms with van der Waals surface area (Å²) in [7, 11) is 0. The lowest BCUT2D eigenvalue weighted by molar-refractivity contribution is -0.133. The van der Waals surface area contributed by atoms with E-state index in [1.165, 1.54) is 12.1 Å². The molecule has 3 aromatic carbocycles. The number of aryl methyl sites for hydroxylation is 1. The lowest BCUT2D eigenvalue weighted by atomic mass is 10.0. The predicted octanol–water partition coefficient (Wildman–Crippen LogP) is 6.07. The summed E-state index contributed by atoms with van der Waals surface area (Å²) >= 11 is 12.4. The van der Waals surface area contributed by atoms with Gasteiger partial charge < -0.3 is 9.47 Å². The quantitative estimate of drug-likeness (QED) is 0.282. The minimum absolute atomic E-state index is 0.107. The number of hydrogen-bond acceptors (Lipinski definition) is 4. The van der Waals surface area contributed by atoms with Crippen LogP contribution in [-0.2, 0) is 11.2 Å². The molecule has 4 nitrogen and oxygen atoms in total. The lowest BCUT2D eigenvalue weighted by Crippen LogP contribution is -2.11. The van der Waals surface area contributed by atoms with Crippen LogP contribution in [0.5, 0.6) is 11.5 Å². The maximum absolute atomic E-state index is 12.8. The zero-order valence-electron chi connectivity index (χ0n) is 15.9. The van der Waals surface area contributed by atoms with Crippen molar-refractivity contribution in [2.24, 2.45) is 0 Å². The largest absolute Gasteiger partial charge is 0.452 e. The number of hydrogen-bond donors (Lipinski definition) is 0. The van der Waals surface area contributed by atoms with Crippen molar-refractivity contribution in [3.8, 4) is 11.5 Å². The fourth-order valence-electron chi connectivity index (χ4n) is 3.25. The van der Waals surface area contributed by atoms with Crippen molar-refractivity contribution >= 4 is 41.0 Å². The van der Waals surface area contributed by atoms with Gasteiger partial charge in [-0.05, 0) is 42.3 Å². The second-order valence-electron chi connectivity index (χ2n) is 6.82. The van der Waals surface area contributed by atoms with Gasteiger partial charge in [0.25, 0.3) is 0 Å². The Kier molecular flexibility index (Phi) is 5.62. The third kappa shape index (κ3) is 4.11. The first-order chi connectivity index (χ1) is 14.4. The van der Waals surface area contributed by atoms with Crippen LogP contribution in [0.3, 0.4) is 0 Å². The summed E-state index contributed by atoms with van der Waals surface area (Å²) in [6.45, 7) is 1.76.